The van der Waals surface area contributed by atoms with Crippen molar-refractivity contribution in [3.63, 3.8) is 0 Å². The summed E-state index contributed by atoms with van der Waals surface area (Å²) in [5.74, 6) is 0. The van der Waals surface area contributed by atoms with Crippen LogP contribution in [0, 0.1) is 0 Å². The fraction of sp³-hybridized carbons (Fsp3) is 0.667. The van der Waals surface area contributed by atoms with Gasteiger partial charge in [-0.25, -0.2) is 0 Å². The summed E-state index contributed by atoms with van der Waals surface area (Å²) in [6.07, 6.45) is 6.68. The minimum absolute atomic E-state index is 1.01. The van der Waals surface area contributed by atoms with Crippen molar-refractivity contribution >= 4 is 0 Å². The van der Waals surface area contributed by atoms with E-state index in [9.17, 15) is 0 Å². The van der Waals surface area contributed by atoms with Crippen LogP contribution in [0.5, 0.6) is 0 Å². The summed E-state index contributed by atoms with van der Waals surface area (Å²) >= 11 is 0. The number of nitrogens with zero attached hydrogens (tertiary/aromatic N) is 2. The molecule has 0 atom stereocenters. The predicted octanol–water partition coefficient (Wildman–Crippen LogP) is 2.86. The van der Waals surface area contributed by atoms with E-state index in [-0.39, 0.29) is 0 Å². The smallest absolute Gasteiger partial charge is 0.0624 e. The molecule has 1 aromatic rings. The van der Waals surface area contributed by atoms with Crippen LogP contribution in [-0.2, 0) is 19.9 Å². The highest BCUT2D eigenvalue weighted by molar-refractivity contribution is 5.17. The predicted molar refractivity (Wildman–Crippen MR) is 77.8 cm³/mol. The van der Waals surface area contributed by atoms with Crippen molar-refractivity contribution in [2.45, 2.75) is 46.5 Å². The summed E-state index contributed by atoms with van der Waals surface area (Å²) in [5.41, 5.74) is 3.92. The Labute approximate surface area is 111 Å². The highest BCUT2D eigenvalue weighted by atomic mass is 15.3. The molecule has 0 saturated heterocycles. The van der Waals surface area contributed by atoms with E-state index in [1.807, 2.05) is 11.7 Å². The van der Waals surface area contributed by atoms with Crippen LogP contribution < -0.4 is 5.32 Å². The molecular weight excluding hydrogens is 222 g/mol. The highest BCUT2D eigenvalue weighted by Crippen LogP contribution is 2.10. The molecule has 1 heterocycles. The average molecular weight is 249 g/mol. The molecule has 18 heavy (non-hydrogen) atoms. The lowest BCUT2D eigenvalue weighted by molar-refractivity contribution is 0.675. The second-order valence-corrected chi connectivity index (χ2v) is 4.87. The van der Waals surface area contributed by atoms with E-state index in [2.05, 4.69) is 43.3 Å². The van der Waals surface area contributed by atoms with Gasteiger partial charge in [-0.2, -0.15) is 5.10 Å². The van der Waals surface area contributed by atoms with Gasteiger partial charge in [0.05, 0.1) is 5.69 Å². The first-order chi connectivity index (χ1) is 8.67. The Balaban J connectivity index is 2.40. The fourth-order valence-corrected chi connectivity index (χ4v) is 1.99. The Bertz CT molecular complexity index is 377. The molecular formula is C15H27N3. The summed E-state index contributed by atoms with van der Waals surface area (Å²) in [7, 11) is 2.03. The van der Waals surface area contributed by atoms with Crippen LogP contribution in [0.3, 0.4) is 0 Å². The summed E-state index contributed by atoms with van der Waals surface area (Å²) in [6.45, 7) is 8.75. The van der Waals surface area contributed by atoms with E-state index in [1.54, 1.807) is 0 Å². The van der Waals surface area contributed by atoms with Crippen LogP contribution in [0.25, 0.3) is 0 Å². The average Bonchev–Trinajstić information content (AvgIpc) is 2.70. The third kappa shape index (κ3) is 5.05. The Morgan fingerprint density at radius 3 is 2.78 bits per heavy atom. The van der Waals surface area contributed by atoms with Crippen LogP contribution in [-0.4, -0.2) is 22.9 Å². The van der Waals surface area contributed by atoms with Crippen molar-refractivity contribution in [1.82, 2.24) is 15.1 Å². The first-order valence-corrected chi connectivity index (χ1v) is 7.05. The Morgan fingerprint density at radius 2 is 2.17 bits per heavy atom. The van der Waals surface area contributed by atoms with Crippen LogP contribution >= 0.6 is 0 Å². The first kappa shape index (κ1) is 15.0. The third-order valence-electron chi connectivity index (χ3n) is 3.09. The molecule has 0 saturated carbocycles. The molecule has 0 amide bonds. The van der Waals surface area contributed by atoms with E-state index in [4.69, 9.17) is 0 Å². The van der Waals surface area contributed by atoms with Crippen LogP contribution in [0.15, 0.2) is 17.7 Å². The summed E-state index contributed by atoms with van der Waals surface area (Å²) < 4.78 is 2.01. The maximum atomic E-state index is 4.48. The zero-order valence-electron chi connectivity index (χ0n) is 12.3. The number of allylic oxidation sites excluding steroid dienone is 1. The van der Waals surface area contributed by atoms with E-state index >= 15 is 0 Å². The van der Waals surface area contributed by atoms with Crippen molar-refractivity contribution in [1.29, 1.82) is 0 Å². The zero-order chi connectivity index (χ0) is 13.4. The van der Waals surface area contributed by atoms with Gasteiger partial charge in [0.1, 0.15) is 0 Å². The molecule has 0 bridgehead atoms. The molecule has 0 aliphatic carbocycles. The lowest BCUT2D eigenvalue weighted by atomic mass is 10.1. The Morgan fingerprint density at radius 1 is 1.39 bits per heavy atom. The number of hydrogen-bond acceptors (Lipinski definition) is 2. The minimum atomic E-state index is 1.01. The molecule has 0 spiro atoms. The monoisotopic (exact) mass is 249 g/mol. The third-order valence-corrected chi connectivity index (χ3v) is 3.09. The molecule has 0 radical (unpaired) electrons. The van der Waals surface area contributed by atoms with E-state index < -0.39 is 0 Å². The second kappa shape index (κ2) is 8.09. The van der Waals surface area contributed by atoms with Gasteiger partial charge in [0.25, 0.3) is 0 Å². The van der Waals surface area contributed by atoms with Gasteiger partial charge >= 0.3 is 0 Å². The van der Waals surface area contributed by atoms with Crippen LogP contribution in [0.2, 0.25) is 0 Å². The first-order valence-electron chi connectivity index (χ1n) is 7.05. The maximum absolute atomic E-state index is 4.48. The van der Waals surface area contributed by atoms with Crippen molar-refractivity contribution in [3.05, 3.63) is 29.1 Å². The Kier molecular flexibility index (Phi) is 6.73. The second-order valence-electron chi connectivity index (χ2n) is 4.87. The number of aryl methyl sites for hydroxylation is 2. The normalized spacial score (nSPS) is 12.1. The van der Waals surface area contributed by atoms with E-state index in [0.717, 1.165) is 32.4 Å². The highest BCUT2D eigenvalue weighted by Gasteiger charge is 2.03. The molecule has 1 aromatic heterocycles. The number of rotatable bonds is 8. The number of nitrogens with one attached hydrogen (secondary N) is 1. The number of hydrogen-bond donors (Lipinski definition) is 1. The van der Waals surface area contributed by atoms with E-state index in [0.29, 0.717) is 0 Å². The standard InChI is InChI=1S/C15H27N3/c1-5-9-16-10-7-8-13(3)11-15-12-14(6-2)17-18(15)4/h8,12,16H,5-7,9-11H2,1-4H3. The van der Waals surface area contributed by atoms with Crippen LogP contribution in [0.4, 0.5) is 0 Å². The minimum Gasteiger partial charge on any atom is -0.316 e. The lowest BCUT2D eigenvalue weighted by Gasteiger charge is -2.03. The van der Waals surface area contributed by atoms with Gasteiger partial charge in [0.2, 0.25) is 0 Å². The largest absolute Gasteiger partial charge is 0.316 e. The molecule has 0 aliphatic heterocycles. The Hall–Kier alpha value is -1.09. The summed E-state index contributed by atoms with van der Waals surface area (Å²) in [5, 5.41) is 7.90. The van der Waals surface area contributed by atoms with Gasteiger partial charge < -0.3 is 5.32 Å². The van der Waals surface area contributed by atoms with Gasteiger partial charge in [-0.3, -0.25) is 4.68 Å². The molecule has 0 aromatic carbocycles. The van der Waals surface area contributed by atoms with Crippen molar-refractivity contribution < 1.29 is 0 Å². The quantitative estimate of drug-likeness (QED) is 0.567. The summed E-state index contributed by atoms with van der Waals surface area (Å²) in [6, 6.07) is 2.21. The van der Waals surface area contributed by atoms with Gasteiger partial charge in [0, 0.05) is 19.2 Å². The van der Waals surface area contributed by atoms with Gasteiger partial charge in [0.15, 0.2) is 0 Å². The molecule has 0 unspecified atom stereocenters. The molecule has 102 valence electrons. The molecule has 1 rings (SSSR count). The summed E-state index contributed by atoms with van der Waals surface area (Å²) in [4.78, 5) is 0. The van der Waals surface area contributed by atoms with Crippen molar-refractivity contribution in [2.24, 2.45) is 7.05 Å². The molecule has 1 N–H and O–H groups in total. The number of aromatic nitrogens is 2. The molecule has 3 nitrogen and oxygen atoms in total. The molecule has 0 aliphatic rings. The SMILES string of the molecule is CCCNCCC=C(C)Cc1cc(CC)nn1C. The molecule has 0 fully saturated rings. The molecule has 3 heteroatoms. The van der Waals surface area contributed by atoms with Crippen molar-refractivity contribution in [2.75, 3.05) is 13.1 Å². The van der Waals surface area contributed by atoms with Gasteiger partial charge in [-0.15, -0.1) is 0 Å². The van der Waals surface area contributed by atoms with Crippen LogP contribution in [0.1, 0.15) is 45.0 Å². The zero-order valence-corrected chi connectivity index (χ0v) is 12.3. The topological polar surface area (TPSA) is 29.9 Å². The lowest BCUT2D eigenvalue weighted by Crippen LogP contribution is -2.15. The maximum Gasteiger partial charge on any atom is 0.0624 e. The van der Waals surface area contributed by atoms with E-state index in [1.165, 1.54) is 23.4 Å². The van der Waals surface area contributed by atoms with Gasteiger partial charge in [-0.1, -0.05) is 25.5 Å². The fourth-order valence-electron chi connectivity index (χ4n) is 1.99. The van der Waals surface area contributed by atoms with Crippen molar-refractivity contribution in [3.8, 4) is 0 Å². The van der Waals surface area contributed by atoms with Gasteiger partial charge in [-0.05, 0) is 45.3 Å².